The molecule has 0 atom stereocenters. The van der Waals surface area contributed by atoms with Gasteiger partial charge >= 0.3 is 5.97 Å². The molecule has 0 spiro atoms. The fraction of sp³-hybridized carbons (Fsp3) is 0.273. The summed E-state index contributed by atoms with van der Waals surface area (Å²) in [5.74, 6) is 0.0265. The fourth-order valence-corrected chi connectivity index (χ4v) is 2.34. The predicted octanol–water partition coefficient (Wildman–Crippen LogP) is 3.16. The van der Waals surface area contributed by atoms with E-state index in [9.17, 15) is 4.79 Å². The Bertz CT molecular complexity index is 568. The molecular formula is C11H10BrClN2O2. The van der Waals surface area contributed by atoms with Crippen molar-refractivity contribution in [3.05, 3.63) is 33.8 Å². The summed E-state index contributed by atoms with van der Waals surface area (Å²) in [4.78, 5) is 14.8. The highest BCUT2D eigenvalue weighted by Crippen LogP contribution is 2.22. The van der Waals surface area contributed by atoms with Crippen LogP contribution in [-0.2, 0) is 11.2 Å². The zero-order chi connectivity index (χ0) is 12.4. The number of halogens is 2. The molecule has 0 aliphatic carbocycles. The van der Waals surface area contributed by atoms with Crippen molar-refractivity contribution in [1.29, 1.82) is 0 Å². The Morgan fingerprint density at radius 3 is 3.00 bits per heavy atom. The normalized spacial score (nSPS) is 10.9. The Labute approximate surface area is 111 Å². The van der Waals surface area contributed by atoms with Gasteiger partial charge in [-0.05, 0) is 34.5 Å². The third-order valence-electron chi connectivity index (χ3n) is 2.42. The van der Waals surface area contributed by atoms with Gasteiger partial charge in [0.1, 0.15) is 10.4 Å². The van der Waals surface area contributed by atoms with Crippen LogP contribution in [0.25, 0.3) is 5.52 Å². The van der Waals surface area contributed by atoms with Gasteiger partial charge in [0.25, 0.3) is 0 Å². The fourth-order valence-electron chi connectivity index (χ4n) is 1.65. The zero-order valence-corrected chi connectivity index (χ0v) is 11.2. The van der Waals surface area contributed by atoms with Gasteiger partial charge in [0.15, 0.2) is 0 Å². The van der Waals surface area contributed by atoms with Crippen molar-refractivity contribution >= 4 is 39.0 Å². The maximum absolute atomic E-state index is 10.5. The molecule has 2 rings (SSSR count). The first-order valence-electron chi connectivity index (χ1n) is 5.11. The number of fused-ring (bicyclic) bond motifs is 1. The van der Waals surface area contributed by atoms with Crippen molar-refractivity contribution in [3.63, 3.8) is 0 Å². The van der Waals surface area contributed by atoms with Crippen molar-refractivity contribution in [2.24, 2.45) is 0 Å². The van der Waals surface area contributed by atoms with E-state index in [1.165, 1.54) is 0 Å². The highest BCUT2D eigenvalue weighted by atomic mass is 79.9. The van der Waals surface area contributed by atoms with E-state index in [0.717, 1.165) is 15.9 Å². The maximum Gasteiger partial charge on any atom is 0.303 e. The van der Waals surface area contributed by atoms with Gasteiger partial charge in [0, 0.05) is 19.0 Å². The molecule has 1 N–H and O–H groups in total. The Morgan fingerprint density at radius 1 is 1.53 bits per heavy atom. The second-order valence-electron chi connectivity index (χ2n) is 3.67. The van der Waals surface area contributed by atoms with E-state index < -0.39 is 5.97 Å². The van der Waals surface area contributed by atoms with Crippen LogP contribution in [0, 0.1) is 0 Å². The Hall–Kier alpha value is -1.07. The number of nitrogens with zero attached hydrogens (tertiary/aromatic N) is 2. The predicted molar refractivity (Wildman–Crippen MR) is 68.5 cm³/mol. The minimum atomic E-state index is -0.789. The van der Waals surface area contributed by atoms with E-state index >= 15 is 0 Å². The molecule has 0 amide bonds. The third-order valence-corrected chi connectivity index (χ3v) is 3.23. The molecule has 2 aromatic heterocycles. The van der Waals surface area contributed by atoms with E-state index in [0.29, 0.717) is 17.9 Å². The van der Waals surface area contributed by atoms with E-state index in [2.05, 4.69) is 20.9 Å². The van der Waals surface area contributed by atoms with Crippen molar-refractivity contribution in [3.8, 4) is 0 Å². The lowest BCUT2D eigenvalue weighted by Gasteiger charge is -2.00. The largest absolute Gasteiger partial charge is 0.481 e. The lowest BCUT2D eigenvalue weighted by atomic mass is 10.2. The van der Waals surface area contributed by atoms with Crippen LogP contribution >= 0.6 is 27.5 Å². The Kier molecular flexibility index (Phi) is 3.69. The zero-order valence-electron chi connectivity index (χ0n) is 8.86. The Morgan fingerprint density at radius 2 is 2.29 bits per heavy atom. The number of hydrogen-bond acceptors (Lipinski definition) is 2. The molecule has 0 saturated heterocycles. The van der Waals surface area contributed by atoms with Gasteiger partial charge in [-0.1, -0.05) is 11.6 Å². The van der Waals surface area contributed by atoms with Crippen LogP contribution in [0.15, 0.2) is 22.9 Å². The molecule has 90 valence electrons. The second kappa shape index (κ2) is 5.06. The summed E-state index contributed by atoms with van der Waals surface area (Å²) in [6.07, 6.45) is 3.10. The number of rotatable bonds is 4. The first kappa shape index (κ1) is 12.4. The number of hydrogen-bond donors (Lipinski definition) is 1. The highest BCUT2D eigenvalue weighted by molar-refractivity contribution is 9.10. The summed E-state index contributed by atoms with van der Waals surface area (Å²) in [6.45, 7) is 0. The minimum absolute atomic E-state index is 0.146. The maximum atomic E-state index is 10.5. The molecular weight excluding hydrogens is 307 g/mol. The van der Waals surface area contributed by atoms with E-state index in [-0.39, 0.29) is 6.42 Å². The van der Waals surface area contributed by atoms with Crippen molar-refractivity contribution in [2.45, 2.75) is 19.3 Å². The van der Waals surface area contributed by atoms with Crippen molar-refractivity contribution in [2.75, 3.05) is 0 Å². The summed E-state index contributed by atoms with van der Waals surface area (Å²) in [6, 6.07) is 3.67. The number of aromatic nitrogens is 2. The SMILES string of the molecule is O=C(O)CCCc1nc(Br)c2ccc(Cl)cn12. The lowest BCUT2D eigenvalue weighted by molar-refractivity contribution is -0.137. The summed E-state index contributed by atoms with van der Waals surface area (Å²) >= 11 is 9.30. The molecule has 17 heavy (non-hydrogen) atoms. The Balaban J connectivity index is 2.27. The van der Waals surface area contributed by atoms with Crippen LogP contribution in [0.2, 0.25) is 5.02 Å². The highest BCUT2D eigenvalue weighted by Gasteiger charge is 2.09. The molecule has 0 saturated carbocycles. The van der Waals surface area contributed by atoms with Crippen LogP contribution in [0.3, 0.4) is 0 Å². The summed E-state index contributed by atoms with van der Waals surface area (Å²) in [5.41, 5.74) is 0.930. The van der Waals surface area contributed by atoms with E-state index in [1.807, 2.05) is 10.5 Å². The van der Waals surface area contributed by atoms with Crippen molar-refractivity contribution < 1.29 is 9.90 Å². The summed E-state index contributed by atoms with van der Waals surface area (Å²) in [7, 11) is 0. The summed E-state index contributed by atoms with van der Waals surface area (Å²) in [5, 5.41) is 9.22. The molecule has 6 heteroatoms. The van der Waals surface area contributed by atoms with Gasteiger partial charge in [-0.15, -0.1) is 0 Å². The smallest absolute Gasteiger partial charge is 0.303 e. The van der Waals surface area contributed by atoms with Crippen LogP contribution in [0.5, 0.6) is 0 Å². The molecule has 0 aromatic carbocycles. The van der Waals surface area contributed by atoms with Crippen LogP contribution in [-0.4, -0.2) is 20.5 Å². The van der Waals surface area contributed by atoms with Gasteiger partial charge < -0.3 is 9.51 Å². The number of carbonyl (C=O) groups is 1. The van der Waals surface area contributed by atoms with Crippen molar-refractivity contribution in [1.82, 2.24) is 9.38 Å². The third kappa shape index (κ3) is 2.79. The van der Waals surface area contributed by atoms with Gasteiger partial charge in [-0.25, -0.2) is 4.98 Å². The van der Waals surface area contributed by atoms with Crippen LogP contribution in [0.1, 0.15) is 18.7 Å². The minimum Gasteiger partial charge on any atom is -0.481 e. The average Bonchev–Trinajstić information content (AvgIpc) is 2.55. The van der Waals surface area contributed by atoms with Gasteiger partial charge in [0.2, 0.25) is 0 Å². The molecule has 0 unspecified atom stereocenters. The van der Waals surface area contributed by atoms with Crippen LogP contribution in [0.4, 0.5) is 0 Å². The van der Waals surface area contributed by atoms with Gasteiger partial charge in [-0.3, -0.25) is 4.79 Å². The molecule has 2 aromatic rings. The van der Waals surface area contributed by atoms with Crippen LogP contribution < -0.4 is 0 Å². The molecule has 0 aliphatic heterocycles. The molecule has 0 aliphatic rings. The summed E-state index contributed by atoms with van der Waals surface area (Å²) < 4.78 is 2.63. The standard InChI is InChI=1S/C11H10BrClN2O2/c12-11-8-5-4-7(13)6-15(8)9(14-11)2-1-3-10(16)17/h4-6H,1-3H2,(H,16,17). The lowest BCUT2D eigenvalue weighted by Crippen LogP contribution is -1.99. The first-order chi connectivity index (χ1) is 8.08. The second-order valence-corrected chi connectivity index (χ2v) is 4.86. The molecule has 4 nitrogen and oxygen atoms in total. The average molecular weight is 318 g/mol. The number of imidazole rings is 1. The number of carboxylic acid groups (broad SMARTS) is 1. The number of aliphatic carboxylic acids is 1. The number of carboxylic acids is 1. The topological polar surface area (TPSA) is 54.6 Å². The number of pyridine rings is 1. The molecule has 2 heterocycles. The molecule has 0 radical (unpaired) electrons. The first-order valence-corrected chi connectivity index (χ1v) is 6.29. The van der Waals surface area contributed by atoms with Gasteiger partial charge in [0.05, 0.1) is 10.5 Å². The van der Waals surface area contributed by atoms with Gasteiger partial charge in [-0.2, -0.15) is 0 Å². The molecule has 0 fully saturated rings. The molecule has 0 bridgehead atoms. The quantitative estimate of drug-likeness (QED) is 0.942. The van der Waals surface area contributed by atoms with E-state index in [1.54, 1.807) is 12.3 Å². The van der Waals surface area contributed by atoms with E-state index in [4.69, 9.17) is 16.7 Å². The monoisotopic (exact) mass is 316 g/mol. The number of aryl methyl sites for hydroxylation is 1.